The van der Waals surface area contributed by atoms with Gasteiger partial charge in [0.05, 0.1) is 0 Å². The zero-order chi connectivity index (χ0) is 15.2. The minimum absolute atomic E-state index is 0.0611. The number of aromatic nitrogens is 1. The van der Waals surface area contributed by atoms with Gasteiger partial charge in [0.15, 0.2) is 11.6 Å². The lowest BCUT2D eigenvalue weighted by Crippen LogP contribution is -2.28. The lowest BCUT2D eigenvalue weighted by Gasteiger charge is -2.26. The van der Waals surface area contributed by atoms with Crippen LogP contribution in [0.3, 0.4) is 0 Å². The van der Waals surface area contributed by atoms with Crippen LogP contribution in [-0.4, -0.2) is 11.5 Å². The van der Waals surface area contributed by atoms with E-state index in [0.717, 1.165) is 24.7 Å². The summed E-state index contributed by atoms with van der Waals surface area (Å²) in [7, 11) is 0. The van der Waals surface area contributed by atoms with Crippen molar-refractivity contribution in [3.05, 3.63) is 65.5 Å². The van der Waals surface area contributed by atoms with Gasteiger partial charge in [0.1, 0.15) is 0 Å². The smallest absolute Gasteiger partial charge is 0.163 e. The van der Waals surface area contributed by atoms with Crippen molar-refractivity contribution in [3.63, 3.8) is 0 Å². The largest absolute Gasteiger partial charge is 0.309 e. The molecule has 0 amide bonds. The van der Waals surface area contributed by atoms with Gasteiger partial charge in [0.2, 0.25) is 0 Å². The average molecular weight is 290 g/mol. The van der Waals surface area contributed by atoms with E-state index in [9.17, 15) is 8.78 Å². The highest BCUT2D eigenvalue weighted by atomic mass is 19.2. The zero-order valence-corrected chi connectivity index (χ0v) is 12.3. The average Bonchev–Trinajstić information content (AvgIpc) is 2.52. The fourth-order valence-corrected chi connectivity index (χ4v) is 2.43. The summed E-state index contributed by atoms with van der Waals surface area (Å²) in [6, 6.07) is 9.65. The highest BCUT2D eigenvalue weighted by molar-refractivity contribution is 5.26. The van der Waals surface area contributed by atoms with Crippen molar-refractivity contribution in [3.8, 4) is 0 Å². The van der Waals surface area contributed by atoms with E-state index >= 15 is 0 Å². The van der Waals surface area contributed by atoms with Gasteiger partial charge in [-0.3, -0.25) is 4.98 Å². The van der Waals surface area contributed by atoms with Crippen LogP contribution in [0.5, 0.6) is 0 Å². The number of rotatable bonds is 6. The van der Waals surface area contributed by atoms with Gasteiger partial charge in [0, 0.05) is 29.4 Å². The highest BCUT2D eigenvalue weighted by Gasteiger charge is 2.25. The quantitative estimate of drug-likeness (QED) is 0.862. The van der Waals surface area contributed by atoms with Crippen molar-refractivity contribution < 1.29 is 8.78 Å². The van der Waals surface area contributed by atoms with Crippen LogP contribution in [-0.2, 0) is 0 Å². The van der Waals surface area contributed by atoms with E-state index in [1.807, 2.05) is 32.0 Å². The van der Waals surface area contributed by atoms with Crippen molar-refractivity contribution in [1.29, 1.82) is 0 Å². The summed E-state index contributed by atoms with van der Waals surface area (Å²) in [5.41, 5.74) is 1.20. The Hall–Kier alpha value is -1.81. The highest BCUT2D eigenvalue weighted by Crippen LogP contribution is 2.31. The first kappa shape index (κ1) is 15.6. The Kier molecular flexibility index (Phi) is 5.39. The number of hydrogen-bond donors (Lipinski definition) is 1. The van der Waals surface area contributed by atoms with Crippen LogP contribution in [0.1, 0.15) is 43.5 Å². The Labute approximate surface area is 124 Å². The SMILES string of the molecule is CCCNC(c1cccc(F)c1F)C(C)c1ccccn1. The molecule has 2 atom stereocenters. The number of nitrogens with zero attached hydrogens (tertiary/aromatic N) is 1. The molecular weight excluding hydrogens is 270 g/mol. The molecule has 1 aromatic carbocycles. The molecule has 2 aromatic rings. The molecule has 0 aliphatic heterocycles. The van der Waals surface area contributed by atoms with Gasteiger partial charge in [-0.25, -0.2) is 8.78 Å². The predicted octanol–water partition coefficient (Wildman–Crippen LogP) is 4.20. The monoisotopic (exact) mass is 290 g/mol. The summed E-state index contributed by atoms with van der Waals surface area (Å²) in [6.45, 7) is 4.75. The Bertz CT molecular complexity index is 572. The number of nitrogens with one attached hydrogen (secondary N) is 1. The molecule has 0 fully saturated rings. The van der Waals surface area contributed by atoms with E-state index in [1.54, 1.807) is 18.3 Å². The minimum Gasteiger partial charge on any atom is -0.309 e. The second kappa shape index (κ2) is 7.27. The fourth-order valence-electron chi connectivity index (χ4n) is 2.43. The molecule has 0 spiro atoms. The third kappa shape index (κ3) is 3.64. The molecule has 0 aliphatic carbocycles. The molecule has 0 bridgehead atoms. The van der Waals surface area contributed by atoms with Gasteiger partial charge < -0.3 is 5.32 Å². The molecule has 0 radical (unpaired) electrons. The molecular formula is C17H20F2N2. The van der Waals surface area contributed by atoms with Crippen LogP contribution in [0.25, 0.3) is 0 Å². The Morgan fingerprint density at radius 1 is 1.14 bits per heavy atom. The van der Waals surface area contributed by atoms with E-state index in [4.69, 9.17) is 0 Å². The van der Waals surface area contributed by atoms with E-state index in [1.165, 1.54) is 0 Å². The summed E-state index contributed by atoms with van der Waals surface area (Å²) < 4.78 is 27.6. The third-order valence-electron chi connectivity index (χ3n) is 3.59. The molecule has 0 aliphatic rings. The normalized spacial score (nSPS) is 13.9. The predicted molar refractivity (Wildman–Crippen MR) is 80.0 cm³/mol. The minimum atomic E-state index is -0.816. The van der Waals surface area contributed by atoms with Gasteiger partial charge in [-0.2, -0.15) is 0 Å². The van der Waals surface area contributed by atoms with Crippen molar-refractivity contribution in [2.45, 2.75) is 32.2 Å². The number of benzene rings is 1. The molecule has 4 heteroatoms. The molecule has 2 nitrogen and oxygen atoms in total. The lowest BCUT2D eigenvalue weighted by molar-refractivity contribution is 0.423. The maximum Gasteiger partial charge on any atom is 0.163 e. The van der Waals surface area contributed by atoms with E-state index in [-0.39, 0.29) is 12.0 Å². The maximum absolute atomic E-state index is 14.1. The van der Waals surface area contributed by atoms with Gasteiger partial charge in [-0.05, 0) is 31.2 Å². The summed E-state index contributed by atoms with van der Waals surface area (Å²) in [6.07, 6.45) is 2.63. The van der Waals surface area contributed by atoms with E-state index in [0.29, 0.717) is 5.56 Å². The van der Waals surface area contributed by atoms with Gasteiger partial charge >= 0.3 is 0 Å². The molecule has 1 aromatic heterocycles. The van der Waals surface area contributed by atoms with Crippen LogP contribution in [0.2, 0.25) is 0 Å². The lowest BCUT2D eigenvalue weighted by atomic mass is 9.91. The maximum atomic E-state index is 14.1. The van der Waals surface area contributed by atoms with Gasteiger partial charge in [0.25, 0.3) is 0 Å². The van der Waals surface area contributed by atoms with Crippen LogP contribution < -0.4 is 5.32 Å². The number of pyridine rings is 1. The van der Waals surface area contributed by atoms with Crippen molar-refractivity contribution in [2.24, 2.45) is 0 Å². The number of hydrogen-bond acceptors (Lipinski definition) is 2. The van der Waals surface area contributed by atoms with Gasteiger partial charge in [-0.1, -0.05) is 32.0 Å². The first-order chi connectivity index (χ1) is 10.1. The van der Waals surface area contributed by atoms with Crippen LogP contribution in [0.4, 0.5) is 8.78 Å². The van der Waals surface area contributed by atoms with Crippen molar-refractivity contribution in [2.75, 3.05) is 6.54 Å². The molecule has 0 saturated carbocycles. The van der Waals surface area contributed by atoms with Crippen LogP contribution >= 0.6 is 0 Å². The molecule has 112 valence electrons. The summed E-state index contributed by atoms with van der Waals surface area (Å²) in [5, 5.41) is 3.31. The zero-order valence-electron chi connectivity index (χ0n) is 12.3. The van der Waals surface area contributed by atoms with Crippen molar-refractivity contribution >= 4 is 0 Å². The van der Waals surface area contributed by atoms with Crippen LogP contribution in [0.15, 0.2) is 42.6 Å². The second-order valence-electron chi connectivity index (χ2n) is 5.12. The molecule has 1 heterocycles. The van der Waals surface area contributed by atoms with E-state index < -0.39 is 11.6 Å². The Balaban J connectivity index is 2.36. The van der Waals surface area contributed by atoms with Gasteiger partial charge in [-0.15, -0.1) is 0 Å². The van der Waals surface area contributed by atoms with Crippen molar-refractivity contribution in [1.82, 2.24) is 10.3 Å². The molecule has 21 heavy (non-hydrogen) atoms. The summed E-state index contributed by atoms with van der Waals surface area (Å²) >= 11 is 0. The molecule has 0 saturated heterocycles. The second-order valence-corrected chi connectivity index (χ2v) is 5.12. The fraction of sp³-hybridized carbons (Fsp3) is 0.353. The Morgan fingerprint density at radius 3 is 2.62 bits per heavy atom. The molecule has 1 N–H and O–H groups in total. The standard InChI is InChI=1S/C17H20F2N2/c1-3-10-21-17(12(2)15-9-4-5-11-20-15)13-7-6-8-14(18)16(13)19/h4-9,11-12,17,21H,3,10H2,1-2H3. The molecule has 2 unspecified atom stereocenters. The summed E-state index contributed by atoms with van der Waals surface area (Å²) in [4.78, 5) is 4.33. The number of halogens is 2. The third-order valence-corrected chi connectivity index (χ3v) is 3.59. The Morgan fingerprint density at radius 2 is 1.95 bits per heavy atom. The first-order valence-corrected chi connectivity index (χ1v) is 7.23. The first-order valence-electron chi connectivity index (χ1n) is 7.23. The summed E-state index contributed by atoms with van der Waals surface area (Å²) in [5.74, 6) is -1.66. The molecule has 2 rings (SSSR count). The van der Waals surface area contributed by atoms with E-state index in [2.05, 4.69) is 10.3 Å². The van der Waals surface area contributed by atoms with Crippen LogP contribution in [0, 0.1) is 11.6 Å². The topological polar surface area (TPSA) is 24.9 Å².